The topological polar surface area (TPSA) is 30.0 Å². The number of hydrogen-bond donors (Lipinski definition) is 0. The van der Waals surface area contributed by atoms with Gasteiger partial charge in [0.25, 0.3) is 0 Å². The number of ketones is 1. The highest BCUT2D eigenvalue weighted by atomic mass is 35.5. The summed E-state index contributed by atoms with van der Waals surface area (Å²) in [5, 5.41) is 0.0302. The lowest BCUT2D eigenvalue weighted by molar-refractivity contribution is 0.0992. The summed E-state index contributed by atoms with van der Waals surface area (Å²) in [7, 11) is 0. The van der Waals surface area contributed by atoms with Gasteiger partial charge in [-0.3, -0.25) is 9.78 Å². The number of aryl methyl sites for hydroxylation is 1. The SMILES string of the molecule is Cc1cncc(C(=O)Cc2ccc(F)c(Cl)c2)c1. The molecule has 4 heteroatoms. The molecule has 0 unspecified atom stereocenters. The highest BCUT2D eigenvalue weighted by Gasteiger charge is 2.09. The molecule has 2 aromatic rings. The first-order chi connectivity index (χ1) is 8.56. The van der Waals surface area contributed by atoms with Crippen LogP contribution in [0.3, 0.4) is 0 Å². The maximum Gasteiger partial charge on any atom is 0.168 e. The molecule has 0 bridgehead atoms. The number of rotatable bonds is 3. The first-order valence-corrected chi connectivity index (χ1v) is 5.83. The molecule has 18 heavy (non-hydrogen) atoms. The summed E-state index contributed by atoms with van der Waals surface area (Å²) >= 11 is 5.67. The maximum absolute atomic E-state index is 13.0. The lowest BCUT2D eigenvalue weighted by atomic mass is 10.0. The van der Waals surface area contributed by atoms with Crippen LogP contribution < -0.4 is 0 Å². The van der Waals surface area contributed by atoms with Crippen LogP contribution in [0.5, 0.6) is 0 Å². The molecule has 0 aliphatic rings. The first kappa shape index (κ1) is 12.7. The molecule has 0 spiro atoms. The van der Waals surface area contributed by atoms with Gasteiger partial charge in [0.15, 0.2) is 5.78 Å². The molecule has 0 aliphatic heterocycles. The summed E-state index contributed by atoms with van der Waals surface area (Å²) < 4.78 is 13.0. The second-order valence-electron chi connectivity index (χ2n) is 4.10. The Morgan fingerprint density at radius 3 is 2.78 bits per heavy atom. The van der Waals surface area contributed by atoms with E-state index in [1.54, 1.807) is 18.3 Å². The number of pyridine rings is 1. The van der Waals surface area contributed by atoms with Crippen molar-refractivity contribution in [1.82, 2.24) is 4.98 Å². The van der Waals surface area contributed by atoms with Gasteiger partial charge >= 0.3 is 0 Å². The number of aromatic nitrogens is 1. The Labute approximate surface area is 109 Å². The number of nitrogens with zero attached hydrogens (tertiary/aromatic N) is 1. The van der Waals surface area contributed by atoms with E-state index in [9.17, 15) is 9.18 Å². The lowest BCUT2D eigenvalue weighted by Crippen LogP contribution is -2.04. The molecule has 0 N–H and O–H groups in total. The Morgan fingerprint density at radius 1 is 1.33 bits per heavy atom. The van der Waals surface area contributed by atoms with Gasteiger partial charge in [-0.1, -0.05) is 17.7 Å². The van der Waals surface area contributed by atoms with Crippen molar-refractivity contribution in [3.8, 4) is 0 Å². The Morgan fingerprint density at radius 2 is 2.11 bits per heavy atom. The molecule has 0 aliphatic carbocycles. The molecule has 0 fully saturated rings. The second-order valence-corrected chi connectivity index (χ2v) is 4.51. The zero-order valence-corrected chi connectivity index (χ0v) is 10.5. The van der Waals surface area contributed by atoms with Crippen LogP contribution in [0.1, 0.15) is 21.5 Å². The van der Waals surface area contributed by atoms with Crippen molar-refractivity contribution in [2.24, 2.45) is 0 Å². The predicted octanol–water partition coefficient (Wildman–Crippen LogP) is 3.61. The quantitative estimate of drug-likeness (QED) is 0.792. The van der Waals surface area contributed by atoms with Crippen LogP contribution in [-0.2, 0) is 6.42 Å². The molecule has 1 aromatic carbocycles. The van der Waals surface area contributed by atoms with Gasteiger partial charge in [-0.25, -0.2) is 4.39 Å². The molecular weight excluding hydrogens is 253 g/mol. The number of Topliss-reactive ketones (excluding diaryl/α,β-unsaturated/α-hetero) is 1. The molecule has 2 nitrogen and oxygen atoms in total. The van der Waals surface area contributed by atoms with E-state index in [1.807, 2.05) is 6.92 Å². The van der Waals surface area contributed by atoms with Crippen LogP contribution in [0.4, 0.5) is 4.39 Å². The fourth-order valence-electron chi connectivity index (χ4n) is 1.64. The number of carbonyl (C=O) groups is 1. The average Bonchev–Trinajstić information content (AvgIpc) is 2.34. The number of benzene rings is 1. The summed E-state index contributed by atoms with van der Waals surface area (Å²) in [6, 6.07) is 6.07. The molecule has 2 rings (SSSR count). The van der Waals surface area contributed by atoms with E-state index < -0.39 is 5.82 Å². The summed E-state index contributed by atoms with van der Waals surface area (Å²) in [5.41, 5.74) is 2.17. The van der Waals surface area contributed by atoms with Crippen LogP contribution in [0.25, 0.3) is 0 Å². The normalized spacial score (nSPS) is 10.4. The van der Waals surface area contributed by atoms with Gasteiger partial charge in [-0.2, -0.15) is 0 Å². The molecule has 92 valence electrons. The Balaban J connectivity index is 2.18. The fraction of sp³-hybridized carbons (Fsp3) is 0.143. The zero-order chi connectivity index (χ0) is 13.1. The monoisotopic (exact) mass is 263 g/mol. The molecule has 0 atom stereocenters. The minimum absolute atomic E-state index is 0.0302. The second kappa shape index (κ2) is 5.27. The van der Waals surface area contributed by atoms with Crippen molar-refractivity contribution in [2.45, 2.75) is 13.3 Å². The molecule has 0 saturated heterocycles. The van der Waals surface area contributed by atoms with Crippen molar-refractivity contribution in [3.63, 3.8) is 0 Å². The van der Waals surface area contributed by atoms with E-state index in [0.29, 0.717) is 11.1 Å². The van der Waals surface area contributed by atoms with E-state index in [2.05, 4.69) is 4.98 Å². The highest BCUT2D eigenvalue weighted by molar-refractivity contribution is 6.30. The van der Waals surface area contributed by atoms with Crippen molar-refractivity contribution >= 4 is 17.4 Å². The van der Waals surface area contributed by atoms with Crippen molar-refractivity contribution in [3.05, 3.63) is 64.2 Å². The maximum atomic E-state index is 13.0. The van der Waals surface area contributed by atoms with E-state index in [-0.39, 0.29) is 17.2 Å². The largest absolute Gasteiger partial charge is 0.294 e. The Hall–Kier alpha value is -1.74. The molecule has 1 aromatic heterocycles. The molecule has 1 heterocycles. The summed E-state index contributed by atoms with van der Waals surface area (Å²) in [4.78, 5) is 16.0. The van der Waals surface area contributed by atoms with E-state index in [0.717, 1.165) is 5.56 Å². The van der Waals surface area contributed by atoms with Crippen LogP contribution in [0, 0.1) is 12.7 Å². The summed E-state index contributed by atoms with van der Waals surface area (Å²) in [5.74, 6) is -0.543. The van der Waals surface area contributed by atoms with Crippen LogP contribution in [-0.4, -0.2) is 10.8 Å². The number of carbonyl (C=O) groups excluding carboxylic acids is 1. The first-order valence-electron chi connectivity index (χ1n) is 5.45. The van der Waals surface area contributed by atoms with Gasteiger partial charge in [0.2, 0.25) is 0 Å². The van der Waals surface area contributed by atoms with Crippen molar-refractivity contribution in [1.29, 1.82) is 0 Å². The minimum atomic E-state index is -0.481. The molecular formula is C14H11ClFNO. The van der Waals surface area contributed by atoms with Crippen LogP contribution in [0.15, 0.2) is 36.7 Å². The van der Waals surface area contributed by atoms with E-state index in [1.165, 1.54) is 18.3 Å². The zero-order valence-electron chi connectivity index (χ0n) is 9.78. The molecule has 0 saturated carbocycles. The average molecular weight is 264 g/mol. The Kier molecular flexibility index (Phi) is 3.72. The molecule has 0 radical (unpaired) electrons. The minimum Gasteiger partial charge on any atom is -0.294 e. The van der Waals surface area contributed by atoms with Gasteiger partial charge < -0.3 is 0 Å². The van der Waals surface area contributed by atoms with Gasteiger partial charge in [-0.15, -0.1) is 0 Å². The number of halogens is 2. The van der Waals surface area contributed by atoms with Gasteiger partial charge in [0.05, 0.1) is 5.02 Å². The standard InChI is InChI=1S/C14H11ClFNO/c1-9-4-11(8-17-7-9)14(18)6-10-2-3-13(16)12(15)5-10/h2-5,7-8H,6H2,1H3. The van der Waals surface area contributed by atoms with Crippen LogP contribution >= 0.6 is 11.6 Å². The van der Waals surface area contributed by atoms with Gasteiger partial charge in [-0.05, 0) is 36.2 Å². The van der Waals surface area contributed by atoms with E-state index >= 15 is 0 Å². The Bertz CT molecular complexity index is 598. The summed E-state index contributed by atoms with van der Waals surface area (Å²) in [6.07, 6.45) is 3.40. The third-order valence-corrected chi connectivity index (χ3v) is 2.84. The third kappa shape index (κ3) is 2.93. The predicted molar refractivity (Wildman–Crippen MR) is 68.4 cm³/mol. The highest BCUT2D eigenvalue weighted by Crippen LogP contribution is 2.17. The van der Waals surface area contributed by atoms with Gasteiger partial charge in [0, 0.05) is 24.4 Å². The fourth-order valence-corrected chi connectivity index (χ4v) is 1.85. The van der Waals surface area contributed by atoms with Crippen molar-refractivity contribution < 1.29 is 9.18 Å². The third-order valence-electron chi connectivity index (χ3n) is 2.55. The van der Waals surface area contributed by atoms with E-state index in [4.69, 9.17) is 11.6 Å². The van der Waals surface area contributed by atoms with Crippen LogP contribution in [0.2, 0.25) is 5.02 Å². The smallest absolute Gasteiger partial charge is 0.168 e. The van der Waals surface area contributed by atoms with Crippen molar-refractivity contribution in [2.75, 3.05) is 0 Å². The molecule has 0 amide bonds. The summed E-state index contributed by atoms with van der Waals surface area (Å²) in [6.45, 7) is 1.87. The lowest BCUT2D eigenvalue weighted by Gasteiger charge is -2.03. The number of hydrogen-bond acceptors (Lipinski definition) is 2. The van der Waals surface area contributed by atoms with Gasteiger partial charge in [0.1, 0.15) is 5.82 Å².